The van der Waals surface area contributed by atoms with Gasteiger partial charge in [-0.1, -0.05) is 47.5 Å². The number of aliphatic hydroxyl groups is 1. The number of fused-ring (bicyclic) bond motifs is 3. The maximum absolute atomic E-state index is 12.2. The fourth-order valence-electron chi connectivity index (χ4n) is 8.54. The van der Waals surface area contributed by atoms with Crippen LogP contribution in [0.2, 0.25) is 10.0 Å². The van der Waals surface area contributed by atoms with Crippen molar-refractivity contribution in [3.63, 3.8) is 0 Å². The summed E-state index contributed by atoms with van der Waals surface area (Å²) in [4.78, 5) is 31.0. The van der Waals surface area contributed by atoms with E-state index in [0.29, 0.717) is 79.4 Å². The van der Waals surface area contributed by atoms with E-state index in [2.05, 4.69) is 32.2 Å². The third-order valence-electron chi connectivity index (χ3n) is 11.2. The number of nitrogens with zero attached hydrogens (tertiary/aromatic N) is 6. The van der Waals surface area contributed by atoms with E-state index in [-0.39, 0.29) is 24.0 Å². The van der Waals surface area contributed by atoms with Gasteiger partial charge in [-0.15, -0.1) is 0 Å². The predicted molar refractivity (Wildman–Crippen MR) is 211 cm³/mol. The van der Waals surface area contributed by atoms with Crippen molar-refractivity contribution in [2.24, 2.45) is 5.92 Å². The zero-order valence-electron chi connectivity index (χ0n) is 30.1. The number of nitriles is 1. The number of methoxy groups -OCH3 is 1. The summed E-state index contributed by atoms with van der Waals surface area (Å²) in [5, 5.41) is 25.5. The summed E-state index contributed by atoms with van der Waals surface area (Å²) in [6.07, 6.45) is 6.47. The van der Waals surface area contributed by atoms with Gasteiger partial charge in [0.05, 0.1) is 40.4 Å². The molecule has 3 aromatic heterocycles. The minimum absolute atomic E-state index is 0.0872. The Bertz CT molecular complexity index is 2530. The van der Waals surface area contributed by atoms with E-state index in [1.54, 1.807) is 6.20 Å². The number of oxazole rings is 1. The van der Waals surface area contributed by atoms with Crippen molar-refractivity contribution < 1.29 is 19.1 Å². The average molecular weight is 775 g/mol. The lowest BCUT2D eigenvalue weighted by atomic mass is 10.0. The van der Waals surface area contributed by atoms with E-state index in [4.69, 9.17) is 42.3 Å². The number of anilines is 2. The van der Waals surface area contributed by atoms with E-state index in [9.17, 15) is 15.2 Å². The largest absolute Gasteiger partial charge is 0.469 e. The molecule has 5 heterocycles. The number of likely N-dealkylation sites (tertiary alicyclic amines) is 2. The molecule has 9 rings (SSSR count). The first kappa shape index (κ1) is 35.6. The molecule has 0 bridgehead atoms. The Morgan fingerprint density at radius 3 is 2.65 bits per heavy atom. The van der Waals surface area contributed by atoms with E-state index in [1.807, 2.05) is 54.7 Å². The third-order valence-corrected chi connectivity index (χ3v) is 12.1. The molecule has 1 aliphatic carbocycles. The molecule has 55 heavy (non-hydrogen) atoms. The number of hydrogen-bond acceptors (Lipinski definition) is 11. The van der Waals surface area contributed by atoms with E-state index < -0.39 is 0 Å². The van der Waals surface area contributed by atoms with Gasteiger partial charge in [-0.25, -0.2) is 9.97 Å². The number of aromatic nitrogens is 3. The van der Waals surface area contributed by atoms with E-state index in [1.165, 1.54) is 7.11 Å². The minimum atomic E-state index is -0.272. The Hall–Kier alpha value is -5.09. The molecule has 13 heteroatoms. The van der Waals surface area contributed by atoms with Crippen molar-refractivity contribution in [3.8, 4) is 28.7 Å². The molecular weight excluding hydrogens is 737 g/mol. The summed E-state index contributed by atoms with van der Waals surface area (Å²) in [7, 11) is 1.43. The first-order valence-electron chi connectivity index (χ1n) is 18.5. The molecule has 0 saturated carbocycles. The summed E-state index contributed by atoms with van der Waals surface area (Å²) in [5.74, 6) is 0.556. The molecule has 2 aliphatic heterocycles. The Morgan fingerprint density at radius 1 is 1.04 bits per heavy atom. The van der Waals surface area contributed by atoms with Gasteiger partial charge in [-0.3, -0.25) is 19.6 Å². The number of pyridine rings is 2. The standard InChI is InChI=1S/C42H37Cl2N7O4/c1-54-42(53)25-11-15-51(21-25)35-9-8-27-31(35)17-34-39(32(27)18-45)55-41(49-34)30-6-2-4-28(36(30)43)29-5-3-7-33(37(29)44)48-40-38-24(10-13-46-40)16-23(19-47-38)20-50-14-12-26(52)22-50/h2-7,10,13,16-17,19,25-26,35,52H,8-9,11-12,14-15,20-22H2,1H3,(H,46,48)/t25-,26-,35?/m1/s1. The van der Waals surface area contributed by atoms with Crippen molar-refractivity contribution in [3.05, 3.63) is 99.3 Å². The van der Waals surface area contributed by atoms with Crippen molar-refractivity contribution in [2.45, 2.75) is 44.4 Å². The van der Waals surface area contributed by atoms with Crippen LogP contribution in [0.4, 0.5) is 11.5 Å². The maximum atomic E-state index is 12.2. The Kier molecular flexibility index (Phi) is 9.40. The molecule has 3 atom stereocenters. The smallest absolute Gasteiger partial charge is 0.310 e. The minimum Gasteiger partial charge on any atom is -0.469 e. The number of aliphatic hydroxyl groups excluding tert-OH is 1. The van der Waals surface area contributed by atoms with Crippen LogP contribution in [-0.4, -0.2) is 75.2 Å². The first-order chi connectivity index (χ1) is 26.8. The van der Waals surface area contributed by atoms with Gasteiger partial charge in [0, 0.05) is 61.1 Å². The number of esters is 1. The number of halogens is 2. The van der Waals surface area contributed by atoms with Crippen molar-refractivity contribution in [1.82, 2.24) is 24.8 Å². The molecule has 0 radical (unpaired) electrons. The number of rotatable bonds is 8. The Labute approximate surface area is 327 Å². The van der Waals surface area contributed by atoms with Crippen LogP contribution in [0.25, 0.3) is 44.6 Å². The molecular formula is C42H37Cl2N7O4. The molecule has 0 amide bonds. The second-order valence-electron chi connectivity index (χ2n) is 14.6. The van der Waals surface area contributed by atoms with Gasteiger partial charge < -0.3 is 19.6 Å². The van der Waals surface area contributed by atoms with Crippen molar-refractivity contribution >= 4 is 62.7 Å². The average Bonchev–Trinajstić information content (AvgIpc) is 4.02. The van der Waals surface area contributed by atoms with E-state index >= 15 is 0 Å². The zero-order valence-corrected chi connectivity index (χ0v) is 31.6. The number of β-amino-alcohol motifs (C(OH)–C–C–N with tert-alkyl or cyclic N) is 1. The van der Waals surface area contributed by atoms with Crippen LogP contribution in [-0.2, 0) is 22.5 Å². The summed E-state index contributed by atoms with van der Waals surface area (Å²) < 4.78 is 11.4. The highest BCUT2D eigenvalue weighted by Crippen LogP contribution is 2.45. The molecule has 3 aliphatic rings. The van der Waals surface area contributed by atoms with Gasteiger partial charge in [-0.05, 0) is 79.3 Å². The maximum Gasteiger partial charge on any atom is 0.310 e. The molecule has 1 unspecified atom stereocenters. The van der Waals surface area contributed by atoms with Crippen LogP contribution in [0.15, 0.2) is 71.4 Å². The van der Waals surface area contributed by atoms with Gasteiger partial charge in [0.2, 0.25) is 5.89 Å². The number of carbonyl (C=O) groups is 1. The number of nitrogens with one attached hydrogen (secondary N) is 1. The molecule has 2 fully saturated rings. The third kappa shape index (κ3) is 6.48. The van der Waals surface area contributed by atoms with Gasteiger partial charge in [0.15, 0.2) is 11.4 Å². The lowest BCUT2D eigenvalue weighted by molar-refractivity contribution is -0.145. The van der Waals surface area contributed by atoms with Crippen LogP contribution in [0.5, 0.6) is 0 Å². The molecule has 6 aromatic rings. The lowest BCUT2D eigenvalue weighted by Crippen LogP contribution is -2.27. The monoisotopic (exact) mass is 773 g/mol. The van der Waals surface area contributed by atoms with Gasteiger partial charge in [0.1, 0.15) is 22.7 Å². The SMILES string of the molecule is COC(=O)[C@@H]1CCN(C2CCc3c2cc2nc(-c4cccc(-c5cccc(Nc6nccc7cc(CN8CC[C@@H](O)C8)cnc67)c5Cl)c4Cl)oc2c3C#N)C1. The summed E-state index contributed by atoms with van der Waals surface area (Å²) in [6, 6.07) is 19.9. The fraction of sp³-hybridized carbons (Fsp3) is 0.310. The zero-order chi connectivity index (χ0) is 37.8. The highest BCUT2D eigenvalue weighted by atomic mass is 35.5. The van der Waals surface area contributed by atoms with Gasteiger partial charge in [-0.2, -0.15) is 5.26 Å². The Morgan fingerprint density at radius 2 is 1.85 bits per heavy atom. The first-order valence-corrected chi connectivity index (χ1v) is 19.2. The van der Waals surface area contributed by atoms with Crippen molar-refractivity contribution in [2.75, 3.05) is 38.6 Å². The Balaban J connectivity index is 1.01. The van der Waals surface area contributed by atoms with Gasteiger partial charge >= 0.3 is 5.97 Å². The molecule has 278 valence electrons. The second-order valence-corrected chi connectivity index (χ2v) is 15.3. The van der Waals surface area contributed by atoms with Crippen LogP contribution >= 0.6 is 23.2 Å². The molecule has 0 spiro atoms. The van der Waals surface area contributed by atoms with Crippen LogP contribution in [0.1, 0.15) is 47.6 Å². The number of ether oxygens (including phenoxy) is 1. The van der Waals surface area contributed by atoms with Crippen LogP contribution < -0.4 is 5.32 Å². The van der Waals surface area contributed by atoms with Crippen molar-refractivity contribution in [1.29, 1.82) is 5.26 Å². The molecule has 2 N–H and O–H groups in total. The van der Waals surface area contributed by atoms with Gasteiger partial charge in [0.25, 0.3) is 0 Å². The van der Waals surface area contributed by atoms with Crippen LogP contribution in [0, 0.1) is 17.2 Å². The number of hydrogen-bond donors (Lipinski definition) is 2. The topological polar surface area (TPSA) is 141 Å². The highest BCUT2D eigenvalue weighted by Gasteiger charge is 2.38. The van der Waals surface area contributed by atoms with E-state index in [0.717, 1.165) is 67.4 Å². The fourth-order valence-corrected chi connectivity index (χ4v) is 9.12. The number of carbonyl (C=O) groups excluding carboxylic acids is 1. The summed E-state index contributed by atoms with van der Waals surface area (Å²) >= 11 is 14.3. The van der Waals surface area contributed by atoms with Crippen LogP contribution in [0.3, 0.4) is 0 Å². The highest BCUT2D eigenvalue weighted by molar-refractivity contribution is 6.39. The predicted octanol–water partition coefficient (Wildman–Crippen LogP) is 8.08. The molecule has 3 aromatic carbocycles. The number of benzene rings is 3. The summed E-state index contributed by atoms with van der Waals surface area (Å²) in [6.45, 7) is 3.68. The molecule has 11 nitrogen and oxygen atoms in total. The lowest BCUT2D eigenvalue weighted by Gasteiger charge is -2.24. The molecule has 2 saturated heterocycles. The normalized spacial score (nSPS) is 19.9. The second kappa shape index (κ2) is 14.5. The quantitative estimate of drug-likeness (QED) is 0.145. The summed E-state index contributed by atoms with van der Waals surface area (Å²) in [5.41, 5.74) is 7.94.